The highest BCUT2D eigenvalue weighted by atomic mass is 35.5. The lowest BCUT2D eigenvalue weighted by molar-refractivity contribution is 0.146. The largest absolute Gasteiger partial charge is 0.429 e. The minimum Gasteiger partial charge on any atom is -0.429 e. The summed E-state index contributed by atoms with van der Waals surface area (Å²) in [4.78, 5) is 9.70. The van der Waals surface area contributed by atoms with Crippen LogP contribution in [0.3, 0.4) is 0 Å². The van der Waals surface area contributed by atoms with Crippen molar-refractivity contribution in [3.8, 4) is 22.7 Å². The summed E-state index contributed by atoms with van der Waals surface area (Å²) in [6, 6.07) is 21.3. The second kappa shape index (κ2) is 8.92. The van der Waals surface area contributed by atoms with Gasteiger partial charge in [-0.1, -0.05) is 35.9 Å². The molecular formula is C25H14ClF3N2OS. The molecule has 0 bridgehead atoms. The van der Waals surface area contributed by atoms with E-state index in [0.29, 0.717) is 37.8 Å². The van der Waals surface area contributed by atoms with Crippen LogP contribution in [0.5, 0.6) is 0 Å². The number of rotatable bonds is 5. The highest BCUT2D eigenvalue weighted by Crippen LogP contribution is 2.41. The molecule has 33 heavy (non-hydrogen) atoms. The first-order valence-electron chi connectivity index (χ1n) is 9.86. The maximum Gasteiger partial charge on any atom is 0.280 e. The Morgan fingerprint density at radius 3 is 2.33 bits per heavy atom. The van der Waals surface area contributed by atoms with Crippen LogP contribution in [0.4, 0.5) is 13.2 Å². The van der Waals surface area contributed by atoms with Crippen LogP contribution < -0.4 is 0 Å². The number of hydrogen-bond donors (Lipinski definition) is 0. The number of pyridine rings is 1. The summed E-state index contributed by atoms with van der Waals surface area (Å²) < 4.78 is 46.2. The Balaban J connectivity index is 1.69. The van der Waals surface area contributed by atoms with E-state index in [1.165, 1.54) is 30.0 Å². The van der Waals surface area contributed by atoms with Crippen molar-refractivity contribution in [1.29, 1.82) is 0 Å². The standard InChI is InChI=1S/C25H14ClF3N2OS/c26-16-7-11-18(12-8-16)33-25-22(31-24(32-25)15-4-9-17(27)10-5-15)19-3-1-2-14-6-13-20(23(28)29)30-21(14)19/h1-13,23H. The maximum atomic E-state index is 13.4. The molecule has 0 N–H and O–H groups in total. The number of halogens is 4. The first-order chi connectivity index (χ1) is 16.0. The summed E-state index contributed by atoms with van der Waals surface area (Å²) >= 11 is 7.32. The molecule has 0 atom stereocenters. The van der Waals surface area contributed by atoms with Crippen LogP contribution in [-0.2, 0) is 0 Å². The molecule has 2 aromatic heterocycles. The highest BCUT2D eigenvalue weighted by Gasteiger charge is 2.21. The predicted octanol–water partition coefficient (Wildman–Crippen LogP) is 8.44. The van der Waals surface area contributed by atoms with Gasteiger partial charge in [0.25, 0.3) is 6.43 Å². The summed E-state index contributed by atoms with van der Waals surface area (Å²) in [5.74, 6) is -0.0949. The molecule has 164 valence electrons. The summed E-state index contributed by atoms with van der Waals surface area (Å²) in [6.07, 6.45) is -2.70. The highest BCUT2D eigenvalue weighted by molar-refractivity contribution is 7.99. The Morgan fingerprint density at radius 2 is 1.61 bits per heavy atom. The van der Waals surface area contributed by atoms with E-state index in [4.69, 9.17) is 16.0 Å². The van der Waals surface area contributed by atoms with Gasteiger partial charge in [0.2, 0.25) is 5.89 Å². The molecule has 0 aliphatic rings. The average molecular weight is 483 g/mol. The number of nitrogens with zero attached hydrogens (tertiary/aromatic N) is 2. The fraction of sp³-hybridized carbons (Fsp3) is 0.0400. The Kier molecular flexibility index (Phi) is 5.83. The fourth-order valence-electron chi connectivity index (χ4n) is 3.35. The minimum atomic E-state index is -2.70. The van der Waals surface area contributed by atoms with E-state index >= 15 is 0 Å². The van der Waals surface area contributed by atoms with E-state index in [-0.39, 0.29) is 17.4 Å². The van der Waals surface area contributed by atoms with Crippen LogP contribution in [0.1, 0.15) is 12.1 Å². The van der Waals surface area contributed by atoms with E-state index < -0.39 is 6.43 Å². The van der Waals surface area contributed by atoms with E-state index in [1.807, 2.05) is 18.2 Å². The number of alkyl halides is 2. The van der Waals surface area contributed by atoms with Gasteiger partial charge in [-0.05, 0) is 66.4 Å². The monoisotopic (exact) mass is 482 g/mol. The lowest BCUT2D eigenvalue weighted by Crippen LogP contribution is -1.93. The van der Waals surface area contributed by atoms with Crippen molar-refractivity contribution in [2.24, 2.45) is 0 Å². The van der Waals surface area contributed by atoms with Crippen molar-refractivity contribution in [2.75, 3.05) is 0 Å². The smallest absolute Gasteiger partial charge is 0.280 e. The van der Waals surface area contributed by atoms with E-state index in [2.05, 4.69) is 9.97 Å². The molecule has 0 aliphatic carbocycles. The molecule has 3 nitrogen and oxygen atoms in total. The zero-order chi connectivity index (χ0) is 22.9. The molecule has 2 heterocycles. The van der Waals surface area contributed by atoms with Gasteiger partial charge in [-0.2, -0.15) is 0 Å². The van der Waals surface area contributed by atoms with Crippen LogP contribution >= 0.6 is 23.4 Å². The lowest BCUT2D eigenvalue weighted by Gasteiger charge is -2.07. The maximum absolute atomic E-state index is 13.4. The van der Waals surface area contributed by atoms with Crippen molar-refractivity contribution in [3.05, 3.63) is 95.4 Å². The third kappa shape index (κ3) is 4.47. The molecule has 3 aromatic carbocycles. The number of oxazole rings is 1. The van der Waals surface area contributed by atoms with Gasteiger partial charge >= 0.3 is 0 Å². The molecule has 5 aromatic rings. The number of hydrogen-bond acceptors (Lipinski definition) is 4. The van der Waals surface area contributed by atoms with Crippen LogP contribution in [-0.4, -0.2) is 9.97 Å². The molecular weight excluding hydrogens is 469 g/mol. The summed E-state index contributed by atoms with van der Waals surface area (Å²) in [7, 11) is 0. The molecule has 0 spiro atoms. The lowest BCUT2D eigenvalue weighted by atomic mass is 10.1. The molecule has 8 heteroatoms. The Bertz CT molecular complexity index is 1440. The van der Waals surface area contributed by atoms with E-state index in [9.17, 15) is 13.2 Å². The van der Waals surface area contributed by atoms with Gasteiger partial charge in [-0.3, -0.25) is 0 Å². The molecule has 5 rings (SSSR count). The van der Waals surface area contributed by atoms with Crippen LogP contribution in [0.2, 0.25) is 5.02 Å². The topological polar surface area (TPSA) is 38.9 Å². The summed E-state index contributed by atoms with van der Waals surface area (Å²) in [5, 5.41) is 1.75. The Hall–Kier alpha value is -3.29. The van der Waals surface area contributed by atoms with Crippen molar-refractivity contribution >= 4 is 34.3 Å². The molecule has 0 radical (unpaired) electrons. The van der Waals surface area contributed by atoms with Crippen molar-refractivity contribution in [3.63, 3.8) is 0 Å². The minimum absolute atomic E-state index is 0.281. The molecule has 0 unspecified atom stereocenters. The van der Waals surface area contributed by atoms with Gasteiger partial charge < -0.3 is 4.42 Å². The van der Waals surface area contributed by atoms with Gasteiger partial charge in [0.1, 0.15) is 17.2 Å². The van der Waals surface area contributed by atoms with Crippen molar-refractivity contribution in [1.82, 2.24) is 9.97 Å². The normalized spacial score (nSPS) is 11.4. The number of para-hydroxylation sites is 1. The SMILES string of the molecule is Fc1ccc(-c2nc(-c3cccc4ccc(C(F)F)nc34)c(Sc3ccc(Cl)cc3)o2)cc1. The van der Waals surface area contributed by atoms with Gasteiger partial charge in [-0.15, -0.1) is 0 Å². The number of aromatic nitrogens is 2. The average Bonchev–Trinajstić information content (AvgIpc) is 3.23. The first-order valence-corrected chi connectivity index (χ1v) is 11.1. The second-order valence-corrected chi connectivity index (χ2v) is 8.61. The molecule has 0 fully saturated rings. The third-order valence-electron chi connectivity index (χ3n) is 4.93. The molecule has 0 amide bonds. The summed E-state index contributed by atoms with van der Waals surface area (Å²) in [6.45, 7) is 0. The van der Waals surface area contributed by atoms with Crippen LogP contribution in [0.15, 0.2) is 93.3 Å². The van der Waals surface area contributed by atoms with Gasteiger partial charge in [0.15, 0.2) is 5.09 Å². The third-order valence-corrected chi connectivity index (χ3v) is 6.15. The van der Waals surface area contributed by atoms with Crippen molar-refractivity contribution < 1.29 is 17.6 Å². The molecule has 0 aliphatic heterocycles. The zero-order valence-corrected chi connectivity index (χ0v) is 18.4. The van der Waals surface area contributed by atoms with Crippen LogP contribution in [0.25, 0.3) is 33.6 Å². The second-order valence-electron chi connectivity index (χ2n) is 7.13. The predicted molar refractivity (Wildman–Crippen MR) is 123 cm³/mol. The molecule has 0 saturated carbocycles. The first kappa shape index (κ1) is 21.6. The quantitative estimate of drug-likeness (QED) is 0.252. The molecule has 0 saturated heterocycles. The number of benzene rings is 3. The van der Waals surface area contributed by atoms with E-state index in [1.54, 1.807) is 42.5 Å². The zero-order valence-electron chi connectivity index (χ0n) is 16.8. The van der Waals surface area contributed by atoms with Gasteiger partial charge in [-0.25, -0.2) is 23.1 Å². The number of fused-ring (bicyclic) bond motifs is 1. The fourth-order valence-corrected chi connectivity index (χ4v) is 4.33. The van der Waals surface area contributed by atoms with Gasteiger partial charge in [0.05, 0.1) is 5.52 Å². The Morgan fingerprint density at radius 1 is 0.848 bits per heavy atom. The Labute approximate surface area is 196 Å². The van der Waals surface area contributed by atoms with Crippen molar-refractivity contribution in [2.45, 2.75) is 16.4 Å². The van der Waals surface area contributed by atoms with E-state index in [0.717, 1.165) is 4.90 Å². The van der Waals surface area contributed by atoms with Crippen LogP contribution in [0, 0.1) is 5.82 Å². The van der Waals surface area contributed by atoms with Gasteiger partial charge in [0, 0.05) is 26.4 Å². The summed E-state index contributed by atoms with van der Waals surface area (Å²) in [5.41, 5.74) is 1.68.